The number of nitrogens with one attached hydrogen (secondary N) is 1. The van der Waals surface area contributed by atoms with Crippen LogP contribution in [0.4, 0.5) is 10.5 Å². The van der Waals surface area contributed by atoms with Crippen LogP contribution in [-0.2, 0) is 4.74 Å². The van der Waals surface area contributed by atoms with E-state index in [0.29, 0.717) is 12.3 Å². The molecule has 0 atom stereocenters. The van der Waals surface area contributed by atoms with E-state index in [-0.39, 0.29) is 5.60 Å². The smallest absolute Gasteiger partial charge is 0.411 e. The second-order valence-corrected chi connectivity index (χ2v) is 6.16. The van der Waals surface area contributed by atoms with Crippen LogP contribution in [0, 0.1) is 0 Å². The van der Waals surface area contributed by atoms with E-state index >= 15 is 0 Å². The predicted molar refractivity (Wildman–Crippen MR) is 89.9 cm³/mol. The van der Waals surface area contributed by atoms with Crippen LogP contribution in [0.3, 0.4) is 0 Å². The van der Waals surface area contributed by atoms with Crippen molar-refractivity contribution in [1.82, 2.24) is 0 Å². The highest BCUT2D eigenvalue weighted by atomic mass is 127. The molecular weight excluding hydrogens is 369 g/mol. The van der Waals surface area contributed by atoms with Gasteiger partial charge in [0.1, 0.15) is 11.4 Å². The molecule has 1 aromatic rings. The number of anilines is 1. The number of hydrogen-bond donors (Lipinski definition) is 1. The van der Waals surface area contributed by atoms with Crippen LogP contribution < -0.4 is 10.1 Å². The van der Waals surface area contributed by atoms with Crippen molar-refractivity contribution in [2.75, 3.05) is 16.4 Å². The molecule has 0 saturated heterocycles. The van der Waals surface area contributed by atoms with Crippen molar-refractivity contribution < 1.29 is 14.3 Å². The number of benzene rings is 1. The average molecular weight is 391 g/mol. The molecule has 5 heteroatoms. The third-order valence-electron chi connectivity index (χ3n) is 2.63. The molecule has 0 radical (unpaired) electrons. The highest BCUT2D eigenvalue weighted by Crippen LogP contribution is 2.23. The minimum absolute atomic E-state index is 0.184. The summed E-state index contributed by atoms with van der Waals surface area (Å²) in [6.45, 7) is 6.52. The Hall–Kier alpha value is -0.980. The van der Waals surface area contributed by atoms with Gasteiger partial charge in [-0.15, -0.1) is 0 Å². The van der Waals surface area contributed by atoms with E-state index in [1.807, 2.05) is 31.2 Å². The lowest BCUT2D eigenvalue weighted by Crippen LogP contribution is -2.28. The van der Waals surface area contributed by atoms with E-state index in [1.165, 1.54) is 0 Å². The molecule has 1 aromatic carbocycles. The zero-order chi connectivity index (χ0) is 15.0. The number of carbonyl (C=O) groups is 1. The summed E-state index contributed by atoms with van der Waals surface area (Å²) in [5.41, 5.74) is 0.515. The molecule has 1 amide bonds. The van der Waals surface area contributed by atoms with Crippen LogP contribution in [0.1, 0.15) is 33.6 Å². The minimum Gasteiger partial charge on any atom is -0.488 e. The summed E-state index contributed by atoms with van der Waals surface area (Å²) < 4.78 is 11.9. The van der Waals surface area contributed by atoms with E-state index in [4.69, 9.17) is 9.47 Å². The second kappa shape index (κ2) is 8.34. The van der Waals surface area contributed by atoms with E-state index in [9.17, 15) is 4.79 Å². The van der Waals surface area contributed by atoms with Crippen LogP contribution in [0.15, 0.2) is 24.3 Å². The van der Waals surface area contributed by atoms with Crippen molar-refractivity contribution in [1.29, 1.82) is 0 Å². The molecule has 0 bridgehead atoms. The fourth-order valence-electron chi connectivity index (χ4n) is 1.55. The fourth-order valence-corrected chi connectivity index (χ4v) is 2.85. The molecule has 4 nitrogen and oxygen atoms in total. The summed E-state index contributed by atoms with van der Waals surface area (Å²) in [5, 5.41) is 2.67. The molecule has 0 unspecified atom stereocenters. The summed E-state index contributed by atoms with van der Waals surface area (Å²) in [7, 11) is 0. The van der Waals surface area contributed by atoms with Gasteiger partial charge in [-0.1, -0.05) is 29.5 Å². The normalized spacial score (nSPS) is 11.0. The number of amides is 1. The highest BCUT2D eigenvalue weighted by molar-refractivity contribution is 14.1. The molecule has 0 fully saturated rings. The first-order valence-corrected chi connectivity index (χ1v) is 8.28. The Morgan fingerprint density at radius 3 is 2.50 bits per heavy atom. The van der Waals surface area contributed by atoms with Gasteiger partial charge in [-0.05, 0) is 51.0 Å². The van der Waals surface area contributed by atoms with Gasteiger partial charge in [-0.2, -0.15) is 0 Å². The average Bonchev–Trinajstić information content (AvgIpc) is 2.38. The third kappa shape index (κ3) is 6.45. The van der Waals surface area contributed by atoms with Crippen molar-refractivity contribution >= 4 is 34.4 Å². The molecule has 0 aliphatic rings. The molecule has 1 N–H and O–H groups in total. The number of rotatable bonds is 7. The van der Waals surface area contributed by atoms with Gasteiger partial charge in [0.2, 0.25) is 0 Å². The maximum Gasteiger partial charge on any atom is 0.411 e. The first-order valence-electron chi connectivity index (χ1n) is 6.75. The monoisotopic (exact) mass is 391 g/mol. The Bertz CT molecular complexity index is 418. The van der Waals surface area contributed by atoms with Crippen molar-refractivity contribution in [2.24, 2.45) is 0 Å². The molecule has 0 aliphatic heterocycles. The van der Waals surface area contributed by atoms with E-state index in [0.717, 1.165) is 23.0 Å². The lowest BCUT2D eigenvalue weighted by molar-refractivity contribution is 0.107. The van der Waals surface area contributed by atoms with Gasteiger partial charge >= 0.3 is 6.09 Å². The molecule has 112 valence electrons. The maximum absolute atomic E-state index is 11.4. The Kier molecular flexibility index (Phi) is 7.12. The van der Waals surface area contributed by atoms with Crippen molar-refractivity contribution in [3.05, 3.63) is 24.3 Å². The third-order valence-corrected chi connectivity index (χ3v) is 3.17. The Morgan fingerprint density at radius 2 is 1.95 bits per heavy atom. The molecule has 0 aliphatic carbocycles. The number of ether oxygens (including phenoxy) is 2. The number of halogens is 1. The SMILES string of the molecule is CCCOC(=O)Nc1ccc(OC(C)(C)CCI)cc1. The molecule has 0 heterocycles. The summed E-state index contributed by atoms with van der Waals surface area (Å²) >= 11 is 2.34. The minimum atomic E-state index is -0.425. The quantitative estimate of drug-likeness (QED) is 0.545. The summed E-state index contributed by atoms with van der Waals surface area (Å²) in [5.74, 6) is 0.798. The Labute approximate surface area is 134 Å². The first kappa shape index (κ1) is 17.1. The molecule has 0 spiro atoms. The standard InChI is InChI=1S/C15H22INO3/c1-4-11-19-14(18)17-12-5-7-13(8-6-12)20-15(2,3)9-10-16/h5-8H,4,9-11H2,1-3H3,(H,17,18). The highest BCUT2D eigenvalue weighted by Gasteiger charge is 2.18. The van der Waals surface area contributed by atoms with Gasteiger partial charge in [0.15, 0.2) is 0 Å². The Morgan fingerprint density at radius 1 is 1.30 bits per heavy atom. The number of hydrogen-bond acceptors (Lipinski definition) is 3. The maximum atomic E-state index is 11.4. The second-order valence-electron chi connectivity index (χ2n) is 5.09. The largest absolute Gasteiger partial charge is 0.488 e. The van der Waals surface area contributed by atoms with Gasteiger partial charge in [0.05, 0.1) is 6.61 Å². The topological polar surface area (TPSA) is 47.6 Å². The number of carbonyl (C=O) groups excluding carboxylic acids is 1. The van der Waals surface area contributed by atoms with Gasteiger partial charge in [-0.3, -0.25) is 5.32 Å². The van der Waals surface area contributed by atoms with Crippen LogP contribution in [-0.4, -0.2) is 22.7 Å². The lowest BCUT2D eigenvalue weighted by Gasteiger charge is -2.25. The van der Waals surface area contributed by atoms with Gasteiger partial charge in [0.25, 0.3) is 0 Å². The van der Waals surface area contributed by atoms with Crippen LogP contribution in [0.5, 0.6) is 5.75 Å². The van der Waals surface area contributed by atoms with Crippen LogP contribution >= 0.6 is 22.6 Å². The van der Waals surface area contributed by atoms with E-state index in [2.05, 4.69) is 41.8 Å². The van der Waals surface area contributed by atoms with Crippen molar-refractivity contribution in [3.8, 4) is 5.75 Å². The fraction of sp³-hybridized carbons (Fsp3) is 0.533. The lowest BCUT2D eigenvalue weighted by atomic mass is 10.1. The van der Waals surface area contributed by atoms with E-state index < -0.39 is 6.09 Å². The summed E-state index contributed by atoms with van der Waals surface area (Å²) in [6.07, 6.45) is 1.37. The molecular formula is C15H22INO3. The van der Waals surface area contributed by atoms with Gasteiger partial charge < -0.3 is 9.47 Å². The van der Waals surface area contributed by atoms with Crippen LogP contribution in [0.2, 0.25) is 0 Å². The van der Waals surface area contributed by atoms with Crippen LogP contribution in [0.25, 0.3) is 0 Å². The van der Waals surface area contributed by atoms with Crippen molar-refractivity contribution in [3.63, 3.8) is 0 Å². The number of alkyl halides is 1. The summed E-state index contributed by atoms with van der Waals surface area (Å²) in [4.78, 5) is 11.4. The van der Waals surface area contributed by atoms with Crippen molar-refractivity contribution in [2.45, 2.75) is 39.2 Å². The predicted octanol–water partition coefficient (Wildman–Crippen LogP) is 4.63. The zero-order valence-corrected chi connectivity index (χ0v) is 14.4. The van der Waals surface area contributed by atoms with E-state index in [1.54, 1.807) is 0 Å². The Balaban J connectivity index is 2.54. The van der Waals surface area contributed by atoms with Gasteiger partial charge in [-0.25, -0.2) is 4.79 Å². The molecule has 0 aromatic heterocycles. The zero-order valence-electron chi connectivity index (χ0n) is 12.2. The molecule has 20 heavy (non-hydrogen) atoms. The molecule has 0 saturated carbocycles. The first-order chi connectivity index (χ1) is 9.46. The molecule has 1 rings (SSSR count). The summed E-state index contributed by atoms with van der Waals surface area (Å²) in [6, 6.07) is 7.32. The van der Waals surface area contributed by atoms with Gasteiger partial charge in [0, 0.05) is 10.1 Å².